The van der Waals surface area contributed by atoms with Gasteiger partial charge in [-0.1, -0.05) is 21.1 Å². The summed E-state index contributed by atoms with van der Waals surface area (Å²) in [5.74, 6) is 2.08. The monoisotopic (exact) mass is 310 g/mol. The number of nitrogens with zero attached hydrogens (tertiary/aromatic N) is 6. The Morgan fingerprint density at radius 2 is 2.22 bits per heavy atom. The van der Waals surface area contributed by atoms with Crippen LogP contribution in [0.4, 0.5) is 0 Å². The highest BCUT2D eigenvalue weighted by Crippen LogP contribution is 2.19. The van der Waals surface area contributed by atoms with Crippen LogP contribution in [0.1, 0.15) is 41.9 Å². The molecule has 7 heteroatoms. The molecule has 3 rings (SSSR count). The Morgan fingerprint density at radius 3 is 3.00 bits per heavy atom. The summed E-state index contributed by atoms with van der Waals surface area (Å²) in [6.45, 7) is 3.70. The molecule has 0 radical (unpaired) electrons. The van der Waals surface area contributed by atoms with Gasteiger partial charge >= 0.3 is 0 Å². The number of rotatable bonds is 3. The molecule has 0 saturated heterocycles. The van der Waals surface area contributed by atoms with Crippen molar-refractivity contribution in [3.8, 4) is 0 Å². The first-order chi connectivity index (χ1) is 8.74. The van der Waals surface area contributed by atoms with E-state index >= 15 is 0 Å². The quantitative estimate of drug-likeness (QED) is 0.810. The van der Waals surface area contributed by atoms with Crippen LogP contribution in [0.25, 0.3) is 0 Å². The largest absolute Gasteiger partial charge is 0.313 e. The van der Waals surface area contributed by atoms with Gasteiger partial charge < -0.3 is 4.57 Å². The molecular weight excluding hydrogens is 296 g/mol. The van der Waals surface area contributed by atoms with E-state index in [1.54, 1.807) is 0 Å². The third kappa shape index (κ3) is 2.19. The smallest absolute Gasteiger partial charge is 0.154 e. The van der Waals surface area contributed by atoms with Crippen LogP contribution in [0.2, 0.25) is 0 Å². The average molecular weight is 311 g/mol. The van der Waals surface area contributed by atoms with Crippen LogP contribution in [-0.2, 0) is 19.5 Å². The summed E-state index contributed by atoms with van der Waals surface area (Å²) in [4.78, 5) is 0.221. The van der Waals surface area contributed by atoms with Gasteiger partial charge in [0.15, 0.2) is 5.82 Å². The van der Waals surface area contributed by atoms with Gasteiger partial charge in [-0.2, -0.15) is 0 Å². The van der Waals surface area contributed by atoms with Crippen molar-refractivity contribution in [3.63, 3.8) is 0 Å². The highest BCUT2D eigenvalue weighted by atomic mass is 79.9. The van der Waals surface area contributed by atoms with Crippen molar-refractivity contribution in [1.29, 1.82) is 0 Å². The molecule has 0 aromatic carbocycles. The van der Waals surface area contributed by atoms with Gasteiger partial charge in [-0.05, 0) is 19.8 Å². The molecule has 0 fully saturated rings. The van der Waals surface area contributed by atoms with Crippen molar-refractivity contribution < 1.29 is 0 Å². The zero-order valence-corrected chi connectivity index (χ0v) is 11.8. The second kappa shape index (κ2) is 4.79. The maximum atomic E-state index is 4.26. The molecule has 96 valence electrons. The molecule has 6 nitrogen and oxygen atoms in total. The van der Waals surface area contributed by atoms with E-state index in [-0.39, 0.29) is 4.83 Å². The number of fused-ring (bicyclic) bond motifs is 1. The molecule has 0 N–H and O–H groups in total. The van der Waals surface area contributed by atoms with Crippen LogP contribution in [0, 0.1) is 0 Å². The Bertz CT molecular complexity index is 543. The van der Waals surface area contributed by atoms with Crippen LogP contribution in [-0.4, -0.2) is 29.8 Å². The average Bonchev–Trinajstić information content (AvgIpc) is 2.98. The highest BCUT2D eigenvalue weighted by Gasteiger charge is 2.16. The molecule has 0 saturated carbocycles. The van der Waals surface area contributed by atoms with Gasteiger partial charge in [0.25, 0.3) is 0 Å². The summed E-state index contributed by atoms with van der Waals surface area (Å²) in [5, 5.41) is 16.7. The van der Waals surface area contributed by atoms with Gasteiger partial charge in [-0.25, -0.2) is 4.68 Å². The second-order valence-corrected chi connectivity index (χ2v) is 5.97. The first-order valence-electron chi connectivity index (χ1n) is 6.19. The normalized spacial score (nSPS) is 16.6. The maximum Gasteiger partial charge on any atom is 0.154 e. The van der Waals surface area contributed by atoms with Crippen LogP contribution in [0.5, 0.6) is 0 Å². The summed E-state index contributed by atoms with van der Waals surface area (Å²) < 4.78 is 4.03. The Morgan fingerprint density at radius 1 is 1.33 bits per heavy atom. The molecule has 1 unspecified atom stereocenters. The Hall–Kier alpha value is -1.24. The van der Waals surface area contributed by atoms with Gasteiger partial charge in [0.1, 0.15) is 12.4 Å². The van der Waals surface area contributed by atoms with Crippen molar-refractivity contribution in [2.45, 2.75) is 44.1 Å². The molecule has 0 spiro atoms. The fourth-order valence-electron chi connectivity index (χ4n) is 2.20. The lowest BCUT2D eigenvalue weighted by Gasteiger charge is -2.14. The third-order valence-electron chi connectivity index (χ3n) is 3.20. The number of aryl methyl sites for hydroxylation is 1. The predicted octanol–water partition coefficient (Wildman–Crippen LogP) is 1.71. The van der Waals surface area contributed by atoms with Gasteiger partial charge in [-0.3, -0.25) is 0 Å². The van der Waals surface area contributed by atoms with E-state index in [0.717, 1.165) is 30.3 Å². The molecule has 0 amide bonds. The summed E-state index contributed by atoms with van der Waals surface area (Å²) in [6, 6.07) is 0. The Balaban J connectivity index is 1.81. The number of alkyl halides is 1. The lowest BCUT2D eigenvalue weighted by atomic mass is 10.2. The van der Waals surface area contributed by atoms with E-state index in [4.69, 9.17) is 0 Å². The molecule has 18 heavy (non-hydrogen) atoms. The van der Waals surface area contributed by atoms with Crippen LogP contribution in [0.15, 0.2) is 6.20 Å². The van der Waals surface area contributed by atoms with E-state index < -0.39 is 0 Å². The fourth-order valence-corrected chi connectivity index (χ4v) is 2.41. The third-order valence-corrected chi connectivity index (χ3v) is 3.67. The minimum absolute atomic E-state index is 0.221. The second-order valence-electron chi connectivity index (χ2n) is 4.60. The number of halogens is 1. The molecule has 1 atom stereocenters. The molecule has 0 bridgehead atoms. The van der Waals surface area contributed by atoms with E-state index in [1.807, 2.05) is 17.8 Å². The topological polar surface area (TPSA) is 61.4 Å². The van der Waals surface area contributed by atoms with E-state index in [9.17, 15) is 0 Å². The summed E-state index contributed by atoms with van der Waals surface area (Å²) in [7, 11) is 0. The van der Waals surface area contributed by atoms with E-state index in [0.29, 0.717) is 6.54 Å². The first kappa shape index (κ1) is 11.8. The van der Waals surface area contributed by atoms with Crippen molar-refractivity contribution in [2.24, 2.45) is 0 Å². The number of aromatic nitrogens is 6. The molecule has 1 aliphatic heterocycles. The molecule has 2 aromatic heterocycles. The predicted molar refractivity (Wildman–Crippen MR) is 69.4 cm³/mol. The van der Waals surface area contributed by atoms with Crippen molar-refractivity contribution in [1.82, 2.24) is 29.8 Å². The molecule has 2 aromatic rings. The molecule has 3 heterocycles. The summed E-state index contributed by atoms with van der Waals surface area (Å²) >= 11 is 3.48. The minimum Gasteiger partial charge on any atom is -0.313 e. The van der Waals surface area contributed by atoms with Crippen molar-refractivity contribution >= 4 is 15.9 Å². The van der Waals surface area contributed by atoms with Gasteiger partial charge in [0.2, 0.25) is 0 Å². The summed E-state index contributed by atoms with van der Waals surface area (Å²) in [5.41, 5.74) is 0.938. The SMILES string of the molecule is CC(Br)c1cn(Cc2nnc3n2CCCC3)nn1. The standard InChI is InChI=1S/C11H15BrN6/c1-8(12)9-6-17(16-13-9)7-11-15-14-10-4-2-3-5-18(10)11/h6,8H,2-5,7H2,1H3. The van der Waals surface area contributed by atoms with Crippen LogP contribution in [0.3, 0.4) is 0 Å². The lowest BCUT2D eigenvalue weighted by Crippen LogP contribution is -2.15. The zero-order chi connectivity index (χ0) is 12.5. The van der Waals surface area contributed by atoms with Crippen molar-refractivity contribution in [3.05, 3.63) is 23.5 Å². The summed E-state index contributed by atoms with van der Waals surface area (Å²) in [6.07, 6.45) is 5.41. The molecule has 0 aliphatic carbocycles. The Kier molecular flexibility index (Phi) is 3.15. The molecular formula is C11H15BrN6. The number of hydrogen-bond donors (Lipinski definition) is 0. The Labute approximate surface area is 114 Å². The van der Waals surface area contributed by atoms with E-state index in [1.165, 1.54) is 12.8 Å². The highest BCUT2D eigenvalue weighted by molar-refractivity contribution is 9.09. The van der Waals surface area contributed by atoms with Gasteiger partial charge in [0, 0.05) is 13.0 Å². The van der Waals surface area contributed by atoms with Crippen LogP contribution < -0.4 is 0 Å². The van der Waals surface area contributed by atoms with E-state index in [2.05, 4.69) is 41.0 Å². The maximum absolute atomic E-state index is 4.26. The lowest BCUT2D eigenvalue weighted by molar-refractivity contribution is 0.493. The molecule has 1 aliphatic rings. The zero-order valence-electron chi connectivity index (χ0n) is 10.3. The van der Waals surface area contributed by atoms with Gasteiger partial charge in [0.05, 0.1) is 16.7 Å². The first-order valence-corrected chi connectivity index (χ1v) is 7.10. The number of hydrogen-bond acceptors (Lipinski definition) is 4. The van der Waals surface area contributed by atoms with Crippen molar-refractivity contribution in [2.75, 3.05) is 0 Å². The van der Waals surface area contributed by atoms with Gasteiger partial charge in [-0.15, -0.1) is 15.3 Å². The minimum atomic E-state index is 0.221. The fraction of sp³-hybridized carbons (Fsp3) is 0.636. The van der Waals surface area contributed by atoms with Crippen LogP contribution >= 0.6 is 15.9 Å².